The van der Waals surface area contributed by atoms with Crippen LogP contribution in [-0.2, 0) is 14.3 Å². The van der Waals surface area contributed by atoms with Gasteiger partial charge < -0.3 is 14.4 Å². The number of aromatic nitrogens is 3. The van der Waals surface area contributed by atoms with Crippen molar-refractivity contribution >= 4 is 11.9 Å². The molecule has 8 heteroatoms. The van der Waals surface area contributed by atoms with Crippen LogP contribution in [0.1, 0.15) is 61.3 Å². The first kappa shape index (κ1) is 16.5. The highest BCUT2D eigenvalue weighted by Crippen LogP contribution is 2.60. The third-order valence-corrected chi connectivity index (χ3v) is 5.87. The molecule has 1 amide bonds. The molecule has 3 heterocycles. The molecule has 8 nitrogen and oxygen atoms in total. The number of esters is 1. The first-order chi connectivity index (χ1) is 12.2. The minimum absolute atomic E-state index is 0.0925. The zero-order chi connectivity index (χ0) is 17.4. The average Bonchev–Trinajstić information content (AvgIpc) is 3.01. The number of carbonyl (C=O) groups is 2. The van der Waals surface area contributed by atoms with Crippen molar-refractivity contribution in [2.45, 2.75) is 45.1 Å². The first-order valence-electron chi connectivity index (χ1n) is 9.12. The summed E-state index contributed by atoms with van der Waals surface area (Å²) in [6, 6.07) is -0.192. The maximum atomic E-state index is 13.1. The number of hydrogen-bond acceptors (Lipinski definition) is 6. The van der Waals surface area contributed by atoms with Crippen LogP contribution < -0.4 is 0 Å². The van der Waals surface area contributed by atoms with Crippen molar-refractivity contribution in [2.75, 3.05) is 26.4 Å². The summed E-state index contributed by atoms with van der Waals surface area (Å²) in [5.74, 6) is -0.199. The fourth-order valence-electron chi connectivity index (χ4n) is 4.36. The summed E-state index contributed by atoms with van der Waals surface area (Å²) in [5, 5.41) is 10.6. The topological polar surface area (TPSA) is 97.4 Å². The van der Waals surface area contributed by atoms with Crippen molar-refractivity contribution in [2.24, 2.45) is 11.3 Å². The molecule has 2 unspecified atom stereocenters. The molecule has 0 radical (unpaired) electrons. The highest BCUT2D eigenvalue weighted by Gasteiger charge is 2.59. The van der Waals surface area contributed by atoms with Crippen molar-refractivity contribution in [1.82, 2.24) is 20.3 Å². The first-order valence-corrected chi connectivity index (χ1v) is 9.12. The van der Waals surface area contributed by atoms with E-state index >= 15 is 0 Å². The number of H-pyrrole nitrogens is 1. The van der Waals surface area contributed by atoms with Crippen LogP contribution in [0.5, 0.6) is 0 Å². The predicted molar refractivity (Wildman–Crippen MR) is 86.6 cm³/mol. The van der Waals surface area contributed by atoms with Crippen LogP contribution in [0.25, 0.3) is 0 Å². The Morgan fingerprint density at radius 3 is 2.92 bits per heavy atom. The van der Waals surface area contributed by atoms with Crippen molar-refractivity contribution in [3.8, 4) is 0 Å². The Bertz CT molecular complexity index is 667. The molecule has 4 rings (SSSR count). The van der Waals surface area contributed by atoms with Crippen molar-refractivity contribution in [3.63, 3.8) is 0 Å². The molecule has 1 saturated carbocycles. The normalized spacial score (nSPS) is 27.5. The van der Waals surface area contributed by atoms with E-state index in [1.807, 2.05) is 4.90 Å². The molecule has 3 aliphatic rings. The zero-order valence-electron chi connectivity index (χ0n) is 14.5. The highest BCUT2D eigenvalue weighted by molar-refractivity contribution is 5.89. The SMILES string of the molecule is CCOC(=O)c1n[nH]nc1C1CCCN1C(=O)C1CC12CCOCC2. The molecule has 1 aromatic rings. The van der Waals surface area contributed by atoms with E-state index in [2.05, 4.69) is 15.4 Å². The maximum Gasteiger partial charge on any atom is 0.360 e. The number of hydrogen-bond donors (Lipinski definition) is 1. The van der Waals surface area contributed by atoms with Gasteiger partial charge >= 0.3 is 5.97 Å². The molecule has 2 saturated heterocycles. The molecule has 0 bridgehead atoms. The van der Waals surface area contributed by atoms with Gasteiger partial charge in [-0.1, -0.05) is 0 Å². The number of ether oxygens (including phenoxy) is 2. The second-order valence-corrected chi connectivity index (χ2v) is 7.20. The van der Waals surface area contributed by atoms with Crippen LogP contribution >= 0.6 is 0 Å². The average molecular weight is 348 g/mol. The Balaban J connectivity index is 1.51. The van der Waals surface area contributed by atoms with Gasteiger partial charge in [0, 0.05) is 25.7 Å². The van der Waals surface area contributed by atoms with Gasteiger partial charge in [-0.25, -0.2) is 4.79 Å². The van der Waals surface area contributed by atoms with Gasteiger partial charge in [0.25, 0.3) is 0 Å². The summed E-state index contributed by atoms with van der Waals surface area (Å²) in [5.41, 5.74) is 0.880. The van der Waals surface area contributed by atoms with E-state index < -0.39 is 5.97 Å². The van der Waals surface area contributed by atoms with E-state index in [4.69, 9.17) is 9.47 Å². The molecule has 2 atom stereocenters. The zero-order valence-corrected chi connectivity index (χ0v) is 14.5. The van der Waals surface area contributed by atoms with Crippen LogP contribution in [0.4, 0.5) is 0 Å². The maximum absolute atomic E-state index is 13.1. The van der Waals surface area contributed by atoms with Gasteiger partial charge in [0.1, 0.15) is 5.69 Å². The second kappa shape index (κ2) is 6.40. The summed E-state index contributed by atoms with van der Waals surface area (Å²) in [4.78, 5) is 27.1. The molecule has 2 aliphatic heterocycles. The van der Waals surface area contributed by atoms with Crippen molar-refractivity contribution < 1.29 is 19.1 Å². The van der Waals surface area contributed by atoms with E-state index in [-0.39, 0.29) is 35.6 Å². The summed E-state index contributed by atoms with van der Waals surface area (Å²) in [7, 11) is 0. The molecule has 1 aromatic heterocycles. The lowest BCUT2D eigenvalue weighted by Crippen LogP contribution is -2.35. The van der Waals surface area contributed by atoms with E-state index in [9.17, 15) is 9.59 Å². The van der Waals surface area contributed by atoms with Gasteiger partial charge in [-0.2, -0.15) is 10.3 Å². The number of amides is 1. The third-order valence-electron chi connectivity index (χ3n) is 5.87. The van der Waals surface area contributed by atoms with E-state index in [0.29, 0.717) is 12.2 Å². The number of rotatable bonds is 4. The number of nitrogens with one attached hydrogen (secondary N) is 1. The summed E-state index contributed by atoms with van der Waals surface area (Å²) in [6.45, 7) is 4.25. The Hall–Kier alpha value is -1.96. The third kappa shape index (κ3) is 2.82. The lowest BCUT2D eigenvalue weighted by Gasteiger charge is -2.27. The van der Waals surface area contributed by atoms with Crippen LogP contribution in [0.15, 0.2) is 0 Å². The van der Waals surface area contributed by atoms with Crippen LogP contribution in [0.2, 0.25) is 0 Å². The van der Waals surface area contributed by atoms with Gasteiger partial charge in [-0.3, -0.25) is 4.79 Å². The molecule has 25 heavy (non-hydrogen) atoms. The van der Waals surface area contributed by atoms with Crippen LogP contribution in [0, 0.1) is 11.3 Å². The predicted octanol–water partition coefficient (Wildman–Crippen LogP) is 1.46. The Kier molecular flexibility index (Phi) is 4.23. The fraction of sp³-hybridized carbons (Fsp3) is 0.765. The second-order valence-electron chi connectivity index (χ2n) is 7.20. The molecule has 1 aliphatic carbocycles. The van der Waals surface area contributed by atoms with Crippen molar-refractivity contribution in [3.05, 3.63) is 11.4 Å². The summed E-state index contributed by atoms with van der Waals surface area (Å²) >= 11 is 0. The summed E-state index contributed by atoms with van der Waals surface area (Å²) in [6.07, 6.45) is 4.61. The monoisotopic (exact) mass is 348 g/mol. The molecular formula is C17H24N4O4. The Labute approximate surface area is 146 Å². The van der Waals surface area contributed by atoms with Crippen LogP contribution in [-0.4, -0.2) is 58.6 Å². The van der Waals surface area contributed by atoms with Gasteiger partial charge in [-0.15, -0.1) is 5.10 Å². The minimum atomic E-state index is -0.488. The quantitative estimate of drug-likeness (QED) is 0.828. The van der Waals surface area contributed by atoms with Crippen LogP contribution in [0.3, 0.4) is 0 Å². The Morgan fingerprint density at radius 2 is 2.16 bits per heavy atom. The van der Waals surface area contributed by atoms with E-state index in [1.54, 1.807) is 6.92 Å². The fourth-order valence-corrected chi connectivity index (χ4v) is 4.36. The molecular weight excluding hydrogens is 324 g/mol. The van der Waals surface area contributed by atoms with Crippen molar-refractivity contribution in [1.29, 1.82) is 0 Å². The molecule has 1 N–H and O–H groups in total. The summed E-state index contributed by atoms with van der Waals surface area (Å²) < 4.78 is 10.5. The molecule has 1 spiro atoms. The van der Waals surface area contributed by atoms with Gasteiger partial charge in [0.15, 0.2) is 5.69 Å². The Morgan fingerprint density at radius 1 is 1.36 bits per heavy atom. The number of carbonyl (C=O) groups excluding carboxylic acids is 2. The van der Waals surface area contributed by atoms with E-state index in [0.717, 1.165) is 45.3 Å². The molecule has 3 fully saturated rings. The van der Waals surface area contributed by atoms with Gasteiger partial charge in [0.05, 0.1) is 12.6 Å². The molecule has 0 aromatic carbocycles. The highest BCUT2D eigenvalue weighted by atomic mass is 16.5. The number of aromatic amines is 1. The largest absolute Gasteiger partial charge is 0.461 e. The standard InChI is InChI=1S/C17H24N4O4/c1-2-25-16(23)14-13(18-20-19-14)12-4-3-7-21(12)15(22)11-10-17(11)5-8-24-9-6-17/h11-12H,2-10H2,1H3,(H,18,19,20). The smallest absolute Gasteiger partial charge is 0.360 e. The van der Waals surface area contributed by atoms with E-state index in [1.165, 1.54) is 0 Å². The number of nitrogens with zero attached hydrogens (tertiary/aromatic N) is 3. The lowest BCUT2D eigenvalue weighted by molar-refractivity contribution is -0.135. The number of likely N-dealkylation sites (tertiary alicyclic amines) is 1. The van der Waals surface area contributed by atoms with Gasteiger partial charge in [-0.05, 0) is 44.4 Å². The lowest BCUT2D eigenvalue weighted by atomic mass is 9.93. The minimum Gasteiger partial charge on any atom is -0.461 e. The molecule has 136 valence electrons. The van der Waals surface area contributed by atoms with Gasteiger partial charge in [0.2, 0.25) is 5.91 Å².